The number of amides is 1. The maximum absolute atomic E-state index is 12.4. The molecule has 1 amide bonds. The van der Waals surface area contributed by atoms with Crippen molar-refractivity contribution in [3.05, 3.63) is 29.8 Å². The summed E-state index contributed by atoms with van der Waals surface area (Å²) >= 11 is 0. The van der Waals surface area contributed by atoms with Gasteiger partial charge in [-0.3, -0.25) is 4.79 Å². The molecule has 1 fully saturated rings. The molecule has 1 aliphatic rings. The largest absolute Gasteiger partial charge is 0.325 e. The Bertz CT molecular complexity index is 437. The van der Waals surface area contributed by atoms with Crippen molar-refractivity contribution in [3.8, 4) is 0 Å². The van der Waals surface area contributed by atoms with E-state index in [-0.39, 0.29) is 17.4 Å². The zero-order valence-corrected chi connectivity index (χ0v) is 12.1. The van der Waals surface area contributed by atoms with Gasteiger partial charge in [-0.2, -0.15) is 0 Å². The summed E-state index contributed by atoms with van der Waals surface area (Å²) in [4.78, 5) is 12.4. The summed E-state index contributed by atoms with van der Waals surface area (Å²) in [7, 11) is 0. The monoisotopic (exact) mass is 260 g/mol. The van der Waals surface area contributed by atoms with Crippen molar-refractivity contribution in [1.82, 2.24) is 5.32 Å². The molecule has 2 rings (SSSR count). The molecule has 2 N–H and O–H groups in total. The first-order valence-corrected chi connectivity index (χ1v) is 7.16. The number of hydrogen-bond acceptors (Lipinski definition) is 2. The molecule has 1 aromatic rings. The number of anilines is 1. The molecular formula is C16H24N2O. The predicted molar refractivity (Wildman–Crippen MR) is 79.3 cm³/mol. The molecule has 0 saturated carbocycles. The van der Waals surface area contributed by atoms with Gasteiger partial charge >= 0.3 is 0 Å². The number of piperidine rings is 1. The van der Waals surface area contributed by atoms with E-state index in [0.717, 1.165) is 31.5 Å². The minimum absolute atomic E-state index is 0.0195. The number of rotatable bonds is 3. The topological polar surface area (TPSA) is 41.1 Å². The molecule has 0 aliphatic carbocycles. The molecule has 0 spiro atoms. The van der Waals surface area contributed by atoms with Gasteiger partial charge in [0.1, 0.15) is 0 Å². The Morgan fingerprint density at radius 2 is 2.05 bits per heavy atom. The van der Waals surface area contributed by atoms with Crippen molar-refractivity contribution in [2.75, 3.05) is 11.9 Å². The third-order valence-corrected chi connectivity index (χ3v) is 4.02. The molecule has 1 aliphatic heterocycles. The Labute approximate surface area is 115 Å². The van der Waals surface area contributed by atoms with E-state index in [4.69, 9.17) is 0 Å². The van der Waals surface area contributed by atoms with Gasteiger partial charge in [-0.15, -0.1) is 0 Å². The van der Waals surface area contributed by atoms with E-state index in [0.29, 0.717) is 0 Å². The van der Waals surface area contributed by atoms with E-state index in [2.05, 4.69) is 43.5 Å². The summed E-state index contributed by atoms with van der Waals surface area (Å²) in [5.41, 5.74) is 2.19. The van der Waals surface area contributed by atoms with Crippen LogP contribution < -0.4 is 10.6 Å². The smallest absolute Gasteiger partial charge is 0.242 e. The molecular weight excluding hydrogens is 236 g/mol. The summed E-state index contributed by atoms with van der Waals surface area (Å²) < 4.78 is 0. The third-order valence-electron chi connectivity index (χ3n) is 4.02. The second-order valence-electron chi connectivity index (χ2n) is 6.02. The Kier molecular flexibility index (Phi) is 4.25. The van der Waals surface area contributed by atoms with Crippen LogP contribution in [0.1, 0.15) is 39.2 Å². The lowest BCUT2D eigenvalue weighted by Gasteiger charge is -2.38. The van der Waals surface area contributed by atoms with Crippen LogP contribution in [0.25, 0.3) is 0 Å². The van der Waals surface area contributed by atoms with Gasteiger partial charge in [-0.05, 0) is 48.9 Å². The van der Waals surface area contributed by atoms with Gasteiger partial charge in [-0.25, -0.2) is 0 Å². The molecule has 0 radical (unpaired) electrons. The third kappa shape index (κ3) is 3.35. The fraction of sp³-hybridized carbons (Fsp3) is 0.562. The van der Waals surface area contributed by atoms with Crippen molar-refractivity contribution in [2.45, 2.75) is 46.1 Å². The highest BCUT2D eigenvalue weighted by atomic mass is 16.2. The Morgan fingerprint density at radius 1 is 1.37 bits per heavy atom. The molecule has 3 heteroatoms. The zero-order valence-electron chi connectivity index (χ0n) is 12.1. The van der Waals surface area contributed by atoms with Crippen LogP contribution in [0.2, 0.25) is 0 Å². The Morgan fingerprint density at radius 3 is 2.63 bits per heavy atom. The molecule has 3 nitrogen and oxygen atoms in total. The molecule has 0 aromatic heterocycles. The zero-order chi connectivity index (χ0) is 13.9. The lowest BCUT2D eigenvalue weighted by molar-refractivity contribution is -0.121. The van der Waals surface area contributed by atoms with Crippen molar-refractivity contribution in [2.24, 2.45) is 5.41 Å². The van der Waals surface area contributed by atoms with Crippen LogP contribution in [-0.2, 0) is 11.2 Å². The fourth-order valence-corrected chi connectivity index (χ4v) is 2.70. The Hall–Kier alpha value is -1.35. The average Bonchev–Trinajstić information content (AvgIpc) is 2.39. The fourth-order valence-electron chi connectivity index (χ4n) is 2.70. The number of benzene rings is 1. The van der Waals surface area contributed by atoms with Crippen molar-refractivity contribution >= 4 is 11.6 Å². The first-order valence-electron chi connectivity index (χ1n) is 7.16. The van der Waals surface area contributed by atoms with Gasteiger partial charge < -0.3 is 10.6 Å². The molecule has 1 aromatic carbocycles. The van der Waals surface area contributed by atoms with Gasteiger partial charge in [0.15, 0.2) is 0 Å². The predicted octanol–water partition coefficient (Wildman–Crippen LogP) is 2.97. The van der Waals surface area contributed by atoms with E-state index in [1.807, 2.05) is 12.1 Å². The van der Waals surface area contributed by atoms with Crippen molar-refractivity contribution in [1.29, 1.82) is 0 Å². The van der Waals surface area contributed by atoms with Gasteiger partial charge in [0.25, 0.3) is 0 Å². The molecule has 19 heavy (non-hydrogen) atoms. The highest BCUT2D eigenvalue weighted by Crippen LogP contribution is 2.30. The molecule has 1 heterocycles. The van der Waals surface area contributed by atoms with Crippen molar-refractivity contribution < 1.29 is 4.79 Å². The summed E-state index contributed by atoms with van der Waals surface area (Å²) in [6, 6.07) is 7.98. The van der Waals surface area contributed by atoms with E-state index in [9.17, 15) is 4.79 Å². The second-order valence-corrected chi connectivity index (χ2v) is 6.02. The summed E-state index contributed by atoms with van der Waals surface area (Å²) in [5.74, 6) is 0.0777. The number of aryl methyl sites for hydroxylation is 1. The molecule has 104 valence electrons. The van der Waals surface area contributed by atoms with Crippen LogP contribution in [0.4, 0.5) is 5.69 Å². The maximum atomic E-state index is 12.4. The quantitative estimate of drug-likeness (QED) is 0.877. The highest BCUT2D eigenvalue weighted by molar-refractivity contribution is 5.95. The van der Waals surface area contributed by atoms with Gasteiger partial charge in [0, 0.05) is 5.69 Å². The number of nitrogens with one attached hydrogen (secondary N) is 2. The number of hydrogen-bond donors (Lipinski definition) is 2. The summed E-state index contributed by atoms with van der Waals surface area (Å²) in [6.45, 7) is 7.37. The average molecular weight is 260 g/mol. The lowest BCUT2D eigenvalue weighted by atomic mass is 9.77. The normalized spacial score (nSPS) is 21.9. The first-order chi connectivity index (χ1) is 9.03. The lowest BCUT2D eigenvalue weighted by Crippen LogP contribution is -2.53. The molecule has 0 bridgehead atoms. The van der Waals surface area contributed by atoms with Crippen LogP contribution in [0, 0.1) is 5.41 Å². The highest BCUT2D eigenvalue weighted by Gasteiger charge is 2.36. The van der Waals surface area contributed by atoms with Crippen LogP contribution >= 0.6 is 0 Å². The van der Waals surface area contributed by atoms with E-state index in [1.165, 1.54) is 5.56 Å². The molecule has 1 atom stereocenters. The molecule has 1 unspecified atom stereocenters. The van der Waals surface area contributed by atoms with E-state index >= 15 is 0 Å². The van der Waals surface area contributed by atoms with Crippen LogP contribution in [0.5, 0.6) is 0 Å². The minimum atomic E-state index is -0.105. The van der Waals surface area contributed by atoms with E-state index < -0.39 is 0 Å². The number of carbonyl (C=O) groups excluding carboxylic acids is 1. The summed E-state index contributed by atoms with van der Waals surface area (Å²) in [6.07, 6.45) is 3.25. The maximum Gasteiger partial charge on any atom is 0.242 e. The van der Waals surface area contributed by atoms with Crippen LogP contribution in [0.3, 0.4) is 0 Å². The van der Waals surface area contributed by atoms with Gasteiger partial charge in [-0.1, -0.05) is 32.9 Å². The van der Waals surface area contributed by atoms with E-state index in [1.54, 1.807) is 0 Å². The minimum Gasteiger partial charge on any atom is -0.325 e. The SMILES string of the molecule is CCc1ccc(NC(=O)C2NCCCC2(C)C)cc1. The number of carbonyl (C=O) groups is 1. The van der Waals surface area contributed by atoms with Gasteiger partial charge in [0.05, 0.1) is 6.04 Å². The second kappa shape index (κ2) is 5.74. The van der Waals surface area contributed by atoms with Crippen molar-refractivity contribution in [3.63, 3.8) is 0 Å². The summed E-state index contributed by atoms with van der Waals surface area (Å²) in [5, 5.41) is 6.36. The van der Waals surface area contributed by atoms with Crippen LogP contribution in [0.15, 0.2) is 24.3 Å². The van der Waals surface area contributed by atoms with Gasteiger partial charge in [0.2, 0.25) is 5.91 Å². The molecule has 1 saturated heterocycles. The Balaban J connectivity index is 2.03. The van der Waals surface area contributed by atoms with Crippen LogP contribution in [-0.4, -0.2) is 18.5 Å². The first kappa shape index (κ1) is 14.1. The standard InChI is InChI=1S/C16H24N2O/c1-4-12-6-8-13(9-7-12)18-15(19)14-16(2,3)10-5-11-17-14/h6-9,14,17H,4-5,10-11H2,1-3H3,(H,18,19).